The van der Waals surface area contributed by atoms with Crippen molar-refractivity contribution in [3.63, 3.8) is 0 Å². The molecule has 2 aromatic rings. The topological polar surface area (TPSA) is 83.4 Å². The van der Waals surface area contributed by atoms with E-state index in [-0.39, 0.29) is 11.3 Å². The zero-order valence-corrected chi connectivity index (χ0v) is 11.7. The van der Waals surface area contributed by atoms with Crippen LogP contribution in [0.4, 0.5) is 5.69 Å². The molecule has 0 bridgehead atoms. The molecule has 1 N–H and O–H groups in total. The van der Waals surface area contributed by atoms with Gasteiger partial charge in [-0.25, -0.2) is 0 Å². The molecule has 0 saturated carbocycles. The second-order valence-corrected chi connectivity index (χ2v) is 4.57. The fourth-order valence-electron chi connectivity index (χ4n) is 1.96. The molecule has 0 amide bonds. The van der Waals surface area contributed by atoms with Gasteiger partial charge in [0.2, 0.25) is 0 Å². The quantitative estimate of drug-likeness (QED) is 0.871. The highest BCUT2D eigenvalue weighted by Crippen LogP contribution is 2.16. The zero-order valence-electron chi connectivity index (χ0n) is 11.7. The third kappa shape index (κ3) is 3.73. The monoisotopic (exact) mass is 284 g/mol. The van der Waals surface area contributed by atoms with Crippen molar-refractivity contribution in [1.82, 2.24) is 0 Å². The van der Waals surface area contributed by atoms with Crippen LogP contribution in [0, 0.1) is 34.0 Å². The molecule has 2 rings (SSSR count). The van der Waals surface area contributed by atoms with Gasteiger partial charge in [-0.05, 0) is 29.7 Å². The van der Waals surface area contributed by atoms with Crippen molar-refractivity contribution in [3.8, 4) is 18.2 Å². The van der Waals surface area contributed by atoms with Gasteiger partial charge in [-0.2, -0.15) is 15.8 Å². The Bertz CT molecular complexity index is 781. The summed E-state index contributed by atoms with van der Waals surface area (Å²) in [7, 11) is 0. The summed E-state index contributed by atoms with van der Waals surface area (Å²) >= 11 is 0. The molecule has 0 atom stereocenters. The minimum atomic E-state index is -0.226. The molecular formula is C18H12N4. The summed E-state index contributed by atoms with van der Waals surface area (Å²) in [6.45, 7) is 0. The third-order valence-corrected chi connectivity index (χ3v) is 3.06. The Morgan fingerprint density at radius 3 is 1.91 bits per heavy atom. The smallest absolute Gasteiger partial charge is 0.163 e. The highest BCUT2D eigenvalue weighted by molar-refractivity contribution is 5.58. The van der Waals surface area contributed by atoms with Crippen LogP contribution >= 0.6 is 0 Å². The minimum Gasteiger partial charge on any atom is -0.345 e. The van der Waals surface area contributed by atoms with Crippen molar-refractivity contribution in [2.45, 2.75) is 6.42 Å². The standard InChI is InChI=1S/C18H12N4/c19-11-16(12-20)18(13-21)22-17-8-6-15(7-9-17)10-14-4-2-1-3-5-14/h1-9,22H,10H2. The molecule has 0 fully saturated rings. The molecule has 104 valence electrons. The fraction of sp³-hybridized carbons (Fsp3) is 0.0556. The lowest BCUT2D eigenvalue weighted by Crippen LogP contribution is -2.00. The van der Waals surface area contributed by atoms with E-state index < -0.39 is 0 Å². The van der Waals surface area contributed by atoms with Gasteiger partial charge in [0.05, 0.1) is 0 Å². The SMILES string of the molecule is N#CC(C#N)=C(C#N)Nc1ccc(Cc2ccccc2)cc1. The Morgan fingerprint density at radius 2 is 1.36 bits per heavy atom. The maximum absolute atomic E-state index is 9.00. The van der Waals surface area contributed by atoms with Crippen molar-refractivity contribution in [1.29, 1.82) is 15.8 Å². The number of anilines is 1. The van der Waals surface area contributed by atoms with Crippen LogP contribution in [0.5, 0.6) is 0 Å². The highest BCUT2D eigenvalue weighted by atomic mass is 14.9. The van der Waals surface area contributed by atoms with Crippen LogP contribution in [0.1, 0.15) is 11.1 Å². The average molecular weight is 284 g/mol. The molecule has 0 heterocycles. The van der Waals surface area contributed by atoms with Crippen LogP contribution in [0.15, 0.2) is 65.9 Å². The average Bonchev–Trinajstić information content (AvgIpc) is 2.57. The summed E-state index contributed by atoms with van der Waals surface area (Å²) in [5, 5.41) is 29.4. The molecule has 0 aliphatic heterocycles. The van der Waals surface area contributed by atoms with Gasteiger partial charge in [-0.3, -0.25) is 0 Å². The first-order valence-electron chi connectivity index (χ1n) is 6.61. The first-order valence-corrected chi connectivity index (χ1v) is 6.61. The maximum atomic E-state index is 9.00. The Kier molecular flexibility index (Phi) is 4.92. The summed E-state index contributed by atoms with van der Waals surface area (Å²) in [5.41, 5.74) is 2.75. The summed E-state index contributed by atoms with van der Waals surface area (Å²) < 4.78 is 0. The molecule has 0 spiro atoms. The Balaban J connectivity index is 2.13. The lowest BCUT2D eigenvalue weighted by Gasteiger charge is -2.06. The van der Waals surface area contributed by atoms with Crippen molar-refractivity contribution in [2.75, 3.05) is 5.32 Å². The number of hydrogen-bond acceptors (Lipinski definition) is 4. The molecule has 2 aromatic carbocycles. The second-order valence-electron chi connectivity index (χ2n) is 4.57. The summed E-state index contributed by atoms with van der Waals surface area (Å²) in [6.07, 6.45) is 0.823. The first kappa shape index (κ1) is 14.9. The van der Waals surface area contributed by atoms with Crippen LogP contribution in [0.25, 0.3) is 0 Å². The molecule has 0 radical (unpaired) electrons. The molecule has 4 heteroatoms. The van der Waals surface area contributed by atoms with Gasteiger partial charge in [0.15, 0.2) is 5.57 Å². The molecule has 0 saturated heterocycles. The van der Waals surface area contributed by atoms with E-state index in [1.54, 1.807) is 12.1 Å². The van der Waals surface area contributed by atoms with E-state index in [2.05, 4.69) is 17.4 Å². The highest BCUT2D eigenvalue weighted by Gasteiger charge is 2.06. The number of hydrogen-bond donors (Lipinski definition) is 1. The van der Waals surface area contributed by atoms with Gasteiger partial charge >= 0.3 is 0 Å². The minimum absolute atomic E-state index is 0.0409. The normalized spacial score (nSPS) is 8.95. The van der Waals surface area contributed by atoms with Gasteiger partial charge in [0, 0.05) is 5.69 Å². The van der Waals surface area contributed by atoms with Crippen molar-refractivity contribution in [2.24, 2.45) is 0 Å². The number of rotatable bonds is 4. The van der Waals surface area contributed by atoms with Crippen LogP contribution in [0.2, 0.25) is 0 Å². The molecule has 0 aliphatic carbocycles. The molecule has 0 unspecified atom stereocenters. The summed E-state index contributed by atoms with van der Waals surface area (Å²) in [5.74, 6) is 0. The fourth-order valence-corrected chi connectivity index (χ4v) is 1.96. The maximum Gasteiger partial charge on any atom is 0.163 e. The molecule has 4 nitrogen and oxygen atoms in total. The zero-order chi connectivity index (χ0) is 15.8. The van der Waals surface area contributed by atoms with Gasteiger partial charge in [0.25, 0.3) is 0 Å². The van der Waals surface area contributed by atoms with Crippen molar-refractivity contribution < 1.29 is 0 Å². The van der Waals surface area contributed by atoms with E-state index in [0.717, 1.165) is 12.0 Å². The number of nitrogens with one attached hydrogen (secondary N) is 1. The molecule has 22 heavy (non-hydrogen) atoms. The van der Waals surface area contributed by atoms with Gasteiger partial charge in [0.1, 0.15) is 23.9 Å². The van der Waals surface area contributed by atoms with Crippen LogP contribution in [-0.4, -0.2) is 0 Å². The molecular weight excluding hydrogens is 272 g/mol. The van der Waals surface area contributed by atoms with Gasteiger partial charge in [-0.15, -0.1) is 0 Å². The van der Waals surface area contributed by atoms with Crippen LogP contribution in [-0.2, 0) is 6.42 Å². The summed E-state index contributed by atoms with van der Waals surface area (Å²) in [6, 6.07) is 22.9. The number of benzene rings is 2. The number of allylic oxidation sites excluding steroid dienone is 2. The van der Waals surface area contributed by atoms with E-state index in [1.165, 1.54) is 5.56 Å². The first-order chi connectivity index (χ1) is 10.8. The lowest BCUT2D eigenvalue weighted by atomic mass is 10.0. The van der Waals surface area contributed by atoms with Gasteiger partial charge < -0.3 is 5.32 Å². The van der Waals surface area contributed by atoms with Crippen LogP contribution < -0.4 is 5.32 Å². The van der Waals surface area contributed by atoms with E-state index in [1.807, 2.05) is 48.5 Å². The predicted molar refractivity (Wildman–Crippen MR) is 83.2 cm³/mol. The van der Waals surface area contributed by atoms with Gasteiger partial charge in [-0.1, -0.05) is 42.5 Å². The Hall–Kier alpha value is -3.55. The molecule has 0 aliphatic rings. The number of nitrogens with zero attached hydrogens (tertiary/aromatic N) is 3. The molecule has 0 aromatic heterocycles. The van der Waals surface area contributed by atoms with E-state index >= 15 is 0 Å². The number of nitriles is 3. The largest absolute Gasteiger partial charge is 0.345 e. The van der Waals surface area contributed by atoms with E-state index in [4.69, 9.17) is 15.8 Å². The Morgan fingerprint density at radius 1 is 0.773 bits per heavy atom. The van der Waals surface area contributed by atoms with E-state index in [0.29, 0.717) is 5.69 Å². The third-order valence-electron chi connectivity index (χ3n) is 3.06. The van der Waals surface area contributed by atoms with Crippen molar-refractivity contribution >= 4 is 5.69 Å². The van der Waals surface area contributed by atoms with Crippen molar-refractivity contribution in [3.05, 3.63) is 77.0 Å². The lowest BCUT2D eigenvalue weighted by molar-refractivity contribution is 1.19. The van der Waals surface area contributed by atoms with Crippen LogP contribution in [0.3, 0.4) is 0 Å². The predicted octanol–water partition coefficient (Wildman–Crippen LogP) is 3.51. The van der Waals surface area contributed by atoms with E-state index in [9.17, 15) is 0 Å². The second kappa shape index (κ2) is 7.29. The summed E-state index contributed by atoms with van der Waals surface area (Å²) in [4.78, 5) is 0. The Labute approximate surface area is 129 Å².